The number of sulfonamides is 1. The van der Waals surface area contributed by atoms with Crippen LogP contribution in [0, 0.1) is 5.92 Å². The van der Waals surface area contributed by atoms with Gasteiger partial charge in [0.05, 0.1) is 30.4 Å². The molecule has 0 saturated heterocycles. The smallest absolute Gasteiger partial charge is 0.323 e. The number of amides is 3. The lowest BCUT2D eigenvalue weighted by Crippen LogP contribution is -2.48. The molecule has 2 heterocycles. The summed E-state index contributed by atoms with van der Waals surface area (Å²) >= 11 is 1.16. The lowest BCUT2D eigenvalue weighted by atomic mass is 10.0. The van der Waals surface area contributed by atoms with Crippen LogP contribution in [0.4, 0.5) is 16.2 Å². The van der Waals surface area contributed by atoms with Gasteiger partial charge in [0.2, 0.25) is 0 Å². The molecule has 1 aliphatic heterocycles. The number of aliphatic hydroxyl groups excluding tert-OH is 1. The molecule has 0 aliphatic carbocycles. The average molecular weight is 673 g/mol. The number of anilines is 2. The van der Waals surface area contributed by atoms with E-state index in [-0.39, 0.29) is 41.5 Å². The number of hydrogen-bond donors (Lipinski definition) is 3. The molecule has 4 atom stereocenters. The van der Waals surface area contributed by atoms with Crippen LogP contribution in [-0.4, -0.2) is 86.3 Å². The van der Waals surface area contributed by atoms with E-state index < -0.39 is 34.1 Å². The number of carbonyl (C=O) groups is 2. The maximum atomic E-state index is 14.3. The zero-order chi connectivity index (χ0) is 33.3. The Morgan fingerprint density at radius 3 is 2.52 bits per heavy atom. The molecule has 46 heavy (non-hydrogen) atoms. The van der Waals surface area contributed by atoms with Crippen LogP contribution in [0.5, 0.6) is 5.75 Å². The fourth-order valence-corrected chi connectivity index (χ4v) is 7.58. The summed E-state index contributed by atoms with van der Waals surface area (Å²) in [5.74, 6) is -0.317. The summed E-state index contributed by atoms with van der Waals surface area (Å²) in [7, 11) is -2.18. The lowest BCUT2D eigenvalue weighted by molar-refractivity contribution is -0.00832. The first kappa shape index (κ1) is 35.4. The third-order valence-electron chi connectivity index (χ3n) is 7.94. The SMILES string of the molecule is C[C@@H]1CCCCO[C@H](CN(C)S(=O)(=O)c2cccs2)[C@H](C)CN([C@@H](C)CO)C(=O)c2cc(NC(=O)Nc3ccccc3)ccc2O1. The number of para-hydroxylation sites is 1. The van der Waals surface area contributed by atoms with Crippen LogP contribution in [0.1, 0.15) is 50.4 Å². The third kappa shape index (κ3) is 9.29. The van der Waals surface area contributed by atoms with Gasteiger partial charge in [-0.15, -0.1) is 11.3 Å². The number of benzene rings is 2. The normalized spacial score (nSPS) is 20.7. The molecule has 11 nitrogen and oxygen atoms in total. The Kier molecular flexibility index (Phi) is 12.6. The summed E-state index contributed by atoms with van der Waals surface area (Å²) in [6, 6.07) is 16.2. The molecule has 4 rings (SSSR count). The first-order valence-electron chi connectivity index (χ1n) is 15.5. The lowest BCUT2D eigenvalue weighted by Gasteiger charge is -2.35. The molecule has 1 aromatic heterocycles. The van der Waals surface area contributed by atoms with Crippen LogP contribution in [0.15, 0.2) is 70.3 Å². The van der Waals surface area contributed by atoms with Crippen LogP contribution < -0.4 is 15.4 Å². The fraction of sp³-hybridized carbons (Fsp3) is 0.455. The molecule has 1 aliphatic rings. The van der Waals surface area contributed by atoms with Gasteiger partial charge < -0.3 is 30.1 Å². The number of likely N-dealkylation sites (N-methyl/N-ethyl adjacent to an activating group) is 1. The monoisotopic (exact) mass is 672 g/mol. The summed E-state index contributed by atoms with van der Waals surface area (Å²) in [4.78, 5) is 28.6. The summed E-state index contributed by atoms with van der Waals surface area (Å²) in [6.07, 6.45) is 1.53. The number of carbonyl (C=O) groups excluding carboxylic acids is 2. The van der Waals surface area contributed by atoms with Crippen molar-refractivity contribution in [3.8, 4) is 5.75 Å². The Labute approximate surface area is 275 Å². The van der Waals surface area contributed by atoms with Crippen molar-refractivity contribution in [2.24, 2.45) is 5.92 Å². The standard InChI is InChI=1S/C33H44N4O7S2/c1-23-20-37(24(2)22-38)32(39)28-19-27(35-33(40)34-26-12-6-5-7-13-26)15-16-29(28)44-25(3)11-8-9-17-43-30(23)21-36(4)46(41,42)31-14-10-18-45-31/h5-7,10,12-16,18-19,23-25,30,38H,8-9,11,17,20-22H2,1-4H3,(H2,34,35,40)/t23-,24+,25-,30-/m1/s1. The number of nitrogens with one attached hydrogen (secondary N) is 2. The Balaban J connectivity index is 1.62. The molecule has 13 heteroatoms. The highest BCUT2D eigenvalue weighted by molar-refractivity contribution is 7.91. The molecule has 250 valence electrons. The molecule has 3 aromatic rings. The second-order valence-corrected chi connectivity index (χ2v) is 14.9. The van der Waals surface area contributed by atoms with Gasteiger partial charge in [-0.3, -0.25) is 4.79 Å². The number of ether oxygens (including phenoxy) is 2. The van der Waals surface area contributed by atoms with Crippen LogP contribution in [-0.2, 0) is 14.8 Å². The summed E-state index contributed by atoms with van der Waals surface area (Å²) in [6.45, 7) is 6.00. The van der Waals surface area contributed by atoms with Gasteiger partial charge in [0.1, 0.15) is 9.96 Å². The molecule has 3 amide bonds. The Hall–Kier alpha value is -3.49. The quantitative estimate of drug-likeness (QED) is 0.287. The van der Waals surface area contributed by atoms with Crippen molar-refractivity contribution >= 4 is 44.7 Å². The molecular formula is C33H44N4O7S2. The molecule has 2 aromatic carbocycles. The van der Waals surface area contributed by atoms with Crippen molar-refractivity contribution in [1.82, 2.24) is 9.21 Å². The van der Waals surface area contributed by atoms with Crippen molar-refractivity contribution in [2.45, 2.75) is 62.5 Å². The van der Waals surface area contributed by atoms with Crippen molar-refractivity contribution < 1.29 is 32.6 Å². The second kappa shape index (κ2) is 16.4. The predicted molar refractivity (Wildman–Crippen MR) is 180 cm³/mol. The van der Waals surface area contributed by atoms with Crippen LogP contribution in [0.3, 0.4) is 0 Å². The minimum atomic E-state index is -3.71. The molecule has 0 fully saturated rings. The van der Waals surface area contributed by atoms with Gasteiger partial charge in [0, 0.05) is 44.0 Å². The number of aliphatic hydroxyl groups is 1. The van der Waals surface area contributed by atoms with Crippen molar-refractivity contribution in [3.63, 3.8) is 0 Å². The first-order chi connectivity index (χ1) is 22.0. The zero-order valence-electron chi connectivity index (χ0n) is 26.7. The summed E-state index contributed by atoms with van der Waals surface area (Å²) < 4.78 is 40.5. The molecule has 0 radical (unpaired) electrons. The topological polar surface area (TPSA) is 138 Å². The Morgan fingerprint density at radius 2 is 1.83 bits per heavy atom. The second-order valence-electron chi connectivity index (χ2n) is 11.7. The van der Waals surface area contributed by atoms with Gasteiger partial charge in [-0.2, -0.15) is 4.31 Å². The van der Waals surface area contributed by atoms with E-state index >= 15 is 0 Å². The van der Waals surface area contributed by atoms with Gasteiger partial charge in [-0.1, -0.05) is 31.2 Å². The maximum Gasteiger partial charge on any atom is 0.323 e. The van der Waals surface area contributed by atoms with Crippen molar-refractivity contribution in [3.05, 3.63) is 71.6 Å². The van der Waals surface area contributed by atoms with E-state index in [1.165, 1.54) is 11.4 Å². The zero-order valence-corrected chi connectivity index (χ0v) is 28.4. The van der Waals surface area contributed by atoms with E-state index in [0.29, 0.717) is 30.2 Å². The first-order valence-corrected chi connectivity index (χ1v) is 17.8. The van der Waals surface area contributed by atoms with E-state index in [0.717, 1.165) is 24.2 Å². The molecule has 3 N–H and O–H groups in total. The van der Waals surface area contributed by atoms with Gasteiger partial charge >= 0.3 is 6.03 Å². The van der Waals surface area contributed by atoms with E-state index in [1.54, 1.807) is 59.7 Å². The highest BCUT2D eigenvalue weighted by Gasteiger charge is 2.32. The minimum absolute atomic E-state index is 0.0949. The van der Waals surface area contributed by atoms with E-state index in [1.807, 2.05) is 32.0 Å². The van der Waals surface area contributed by atoms with Gasteiger partial charge in [0.15, 0.2) is 0 Å². The molecular weight excluding hydrogens is 629 g/mol. The highest BCUT2D eigenvalue weighted by atomic mass is 32.2. The minimum Gasteiger partial charge on any atom is -0.490 e. The number of urea groups is 1. The maximum absolute atomic E-state index is 14.3. The Bertz CT molecular complexity index is 1540. The number of fused-ring (bicyclic) bond motifs is 1. The predicted octanol–water partition coefficient (Wildman–Crippen LogP) is 5.51. The molecule has 0 bridgehead atoms. The number of rotatable bonds is 8. The Morgan fingerprint density at radius 1 is 1.09 bits per heavy atom. The number of nitrogens with zero attached hydrogens (tertiary/aromatic N) is 2. The average Bonchev–Trinajstić information content (AvgIpc) is 3.59. The van der Waals surface area contributed by atoms with E-state index in [2.05, 4.69) is 10.6 Å². The molecule has 0 saturated carbocycles. The highest BCUT2D eigenvalue weighted by Crippen LogP contribution is 2.29. The van der Waals surface area contributed by atoms with Gasteiger partial charge in [0.25, 0.3) is 15.9 Å². The molecule has 0 spiro atoms. The van der Waals surface area contributed by atoms with Crippen LogP contribution in [0.25, 0.3) is 0 Å². The van der Waals surface area contributed by atoms with Crippen molar-refractivity contribution in [2.75, 3.05) is 44.0 Å². The summed E-state index contributed by atoms with van der Waals surface area (Å²) in [5.41, 5.74) is 1.25. The fourth-order valence-electron chi connectivity index (χ4n) is 5.19. The van der Waals surface area contributed by atoms with Gasteiger partial charge in [-0.05, 0) is 74.9 Å². The largest absolute Gasteiger partial charge is 0.490 e. The number of hydrogen-bond acceptors (Lipinski definition) is 8. The van der Waals surface area contributed by atoms with Crippen molar-refractivity contribution in [1.29, 1.82) is 0 Å². The van der Waals surface area contributed by atoms with E-state index in [9.17, 15) is 23.1 Å². The van der Waals surface area contributed by atoms with Crippen LogP contribution >= 0.6 is 11.3 Å². The van der Waals surface area contributed by atoms with E-state index in [4.69, 9.17) is 9.47 Å². The summed E-state index contributed by atoms with van der Waals surface area (Å²) in [5, 5.41) is 17.5. The van der Waals surface area contributed by atoms with Gasteiger partial charge in [-0.25, -0.2) is 13.2 Å². The third-order valence-corrected chi connectivity index (χ3v) is 11.1. The number of thiophene rings is 1. The molecule has 0 unspecified atom stereocenters. The van der Waals surface area contributed by atoms with Crippen LogP contribution in [0.2, 0.25) is 0 Å².